The van der Waals surface area contributed by atoms with Crippen molar-refractivity contribution in [2.75, 3.05) is 7.05 Å². The summed E-state index contributed by atoms with van der Waals surface area (Å²) in [6.45, 7) is 2.10. The minimum absolute atomic E-state index is 0.182. The predicted octanol–water partition coefficient (Wildman–Crippen LogP) is 4.78. The SMILES string of the molecule is CNC(c1ccc(Cl)s1)c1cccc(C)c1Br. The molecule has 0 fully saturated rings. The average Bonchev–Trinajstić information content (AvgIpc) is 2.72. The van der Waals surface area contributed by atoms with Crippen LogP contribution in [0.4, 0.5) is 0 Å². The van der Waals surface area contributed by atoms with Crippen molar-refractivity contribution in [3.05, 3.63) is 55.1 Å². The summed E-state index contributed by atoms with van der Waals surface area (Å²) in [6, 6.07) is 10.5. The predicted molar refractivity (Wildman–Crippen MR) is 79.1 cm³/mol. The Morgan fingerprint density at radius 2 is 2.06 bits per heavy atom. The standard InChI is InChI=1S/C13H13BrClNS/c1-8-4-3-5-9(12(8)14)13(16-2)10-6-7-11(15)17-10/h3-7,13,16H,1-2H3. The summed E-state index contributed by atoms with van der Waals surface area (Å²) in [7, 11) is 1.97. The van der Waals surface area contributed by atoms with E-state index in [0.29, 0.717) is 0 Å². The zero-order valence-electron chi connectivity index (χ0n) is 9.63. The number of thiophene rings is 1. The third-order valence-corrected chi connectivity index (χ3v) is 5.08. The molecule has 1 aromatic heterocycles. The van der Waals surface area contributed by atoms with E-state index in [9.17, 15) is 0 Å². The molecule has 0 saturated carbocycles. The first-order valence-electron chi connectivity index (χ1n) is 5.31. The van der Waals surface area contributed by atoms with E-state index in [1.54, 1.807) is 11.3 Å². The van der Waals surface area contributed by atoms with Crippen molar-refractivity contribution in [2.45, 2.75) is 13.0 Å². The number of halogens is 2. The van der Waals surface area contributed by atoms with Gasteiger partial charge in [0.2, 0.25) is 0 Å². The molecule has 1 aromatic carbocycles. The number of nitrogens with one attached hydrogen (secondary N) is 1. The molecule has 1 N–H and O–H groups in total. The Kier molecular flexibility index (Phi) is 4.26. The van der Waals surface area contributed by atoms with Gasteiger partial charge in [0, 0.05) is 9.35 Å². The van der Waals surface area contributed by atoms with Crippen LogP contribution in [0.15, 0.2) is 34.8 Å². The van der Waals surface area contributed by atoms with E-state index in [1.807, 2.05) is 13.1 Å². The summed E-state index contributed by atoms with van der Waals surface area (Å²) in [6.07, 6.45) is 0. The van der Waals surface area contributed by atoms with Crippen molar-refractivity contribution in [2.24, 2.45) is 0 Å². The van der Waals surface area contributed by atoms with E-state index in [2.05, 4.69) is 52.4 Å². The van der Waals surface area contributed by atoms with Gasteiger partial charge in [0.25, 0.3) is 0 Å². The molecule has 90 valence electrons. The van der Waals surface area contributed by atoms with Crippen LogP contribution in [0.5, 0.6) is 0 Å². The average molecular weight is 331 g/mol. The van der Waals surface area contributed by atoms with Crippen LogP contribution in [0, 0.1) is 6.92 Å². The van der Waals surface area contributed by atoms with Gasteiger partial charge in [-0.3, -0.25) is 0 Å². The third kappa shape index (κ3) is 2.74. The van der Waals surface area contributed by atoms with Gasteiger partial charge in [-0.15, -0.1) is 11.3 Å². The van der Waals surface area contributed by atoms with E-state index >= 15 is 0 Å². The lowest BCUT2D eigenvalue weighted by Gasteiger charge is -2.17. The highest BCUT2D eigenvalue weighted by atomic mass is 79.9. The van der Waals surface area contributed by atoms with Crippen molar-refractivity contribution in [3.63, 3.8) is 0 Å². The smallest absolute Gasteiger partial charge is 0.0931 e. The topological polar surface area (TPSA) is 12.0 Å². The largest absolute Gasteiger partial charge is 0.309 e. The molecule has 0 spiro atoms. The molecule has 0 bridgehead atoms. The Hall–Kier alpha value is -0.350. The molecule has 1 unspecified atom stereocenters. The van der Waals surface area contributed by atoms with E-state index in [1.165, 1.54) is 16.0 Å². The van der Waals surface area contributed by atoms with Gasteiger partial charge in [0.1, 0.15) is 0 Å². The minimum atomic E-state index is 0.182. The van der Waals surface area contributed by atoms with Crippen molar-refractivity contribution in [1.82, 2.24) is 5.32 Å². The van der Waals surface area contributed by atoms with Gasteiger partial charge in [-0.1, -0.05) is 45.7 Å². The van der Waals surface area contributed by atoms with E-state index < -0.39 is 0 Å². The molecule has 4 heteroatoms. The number of benzene rings is 1. The van der Waals surface area contributed by atoms with Gasteiger partial charge in [-0.25, -0.2) is 0 Å². The number of hydrogen-bond donors (Lipinski definition) is 1. The number of hydrogen-bond acceptors (Lipinski definition) is 2. The summed E-state index contributed by atoms with van der Waals surface area (Å²) in [4.78, 5) is 1.23. The molecular weight excluding hydrogens is 318 g/mol. The fourth-order valence-electron chi connectivity index (χ4n) is 1.83. The second-order valence-electron chi connectivity index (χ2n) is 3.84. The first-order chi connectivity index (χ1) is 8.13. The Morgan fingerprint density at radius 1 is 1.29 bits per heavy atom. The summed E-state index contributed by atoms with van der Waals surface area (Å²) in [5.74, 6) is 0. The molecule has 0 amide bonds. The molecule has 0 saturated heterocycles. The highest BCUT2D eigenvalue weighted by Gasteiger charge is 2.17. The molecule has 0 aliphatic carbocycles. The normalized spacial score (nSPS) is 12.7. The molecule has 0 aliphatic rings. The Labute approximate surface area is 119 Å². The van der Waals surface area contributed by atoms with Gasteiger partial charge in [0.05, 0.1) is 10.4 Å². The van der Waals surface area contributed by atoms with Crippen LogP contribution in [0.25, 0.3) is 0 Å². The third-order valence-electron chi connectivity index (χ3n) is 2.70. The van der Waals surface area contributed by atoms with Crippen LogP contribution < -0.4 is 5.32 Å². The van der Waals surface area contributed by atoms with Gasteiger partial charge in [-0.05, 0) is 37.2 Å². The summed E-state index contributed by atoms with van der Waals surface area (Å²) >= 11 is 11.3. The van der Waals surface area contributed by atoms with Gasteiger partial charge in [0.15, 0.2) is 0 Å². The zero-order valence-corrected chi connectivity index (χ0v) is 12.8. The van der Waals surface area contributed by atoms with Crippen LogP contribution >= 0.6 is 38.9 Å². The van der Waals surface area contributed by atoms with Crippen LogP contribution in [0.3, 0.4) is 0 Å². The fraction of sp³-hybridized carbons (Fsp3) is 0.231. The molecule has 0 radical (unpaired) electrons. The van der Waals surface area contributed by atoms with Crippen LogP contribution in [0.2, 0.25) is 4.34 Å². The van der Waals surface area contributed by atoms with Gasteiger partial charge in [-0.2, -0.15) is 0 Å². The Bertz CT molecular complexity index is 524. The van der Waals surface area contributed by atoms with E-state index in [0.717, 1.165) is 8.81 Å². The molecular formula is C13H13BrClNS. The van der Waals surface area contributed by atoms with E-state index in [4.69, 9.17) is 11.6 Å². The fourth-order valence-corrected chi connectivity index (χ4v) is 3.51. The molecule has 2 rings (SSSR count). The first kappa shape index (κ1) is 13.1. The van der Waals surface area contributed by atoms with Crippen LogP contribution in [0.1, 0.15) is 22.0 Å². The summed E-state index contributed by atoms with van der Waals surface area (Å²) in [5.41, 5.74) is 2.48. The maximum Gasteiger partial charge on any atom is 0.0931 e. The maximum absolute atomic E-state index is 6.00. The van der Waals surface area contributed by atoms with Gasteiger partial charge < -0.3 is 5.32 Å². The zero-order chi connectivity index (χ0) is 12.4. The van der Waals surface area contributed by atoms with Crippen molar-refractivity contribution in [3.8, 4) is 0 Å². The Balaban J connectivity index is 2.45. The lowest BCUT2D eigenvalue weighted by atomic mass is 10.0. The lowest BCUT2D eigenvalue weighted by Crippen LogP contribution is -2.17. The quantitative estimate of drug-likeness (QED) is 0.854. The minimum Gasteiger partial charge on any atom is -0.309 e. The molecule has 1 nitrogen and oxygen atoms in total. The molecule has 1 heterocycles. The van der Waals surface area contributed by atoms with Crippen LogP contribution in [-0.2, 0) is 0 Å². The second-order valence-corrected chi connectivity index (χ2v) is 6.38. The molecule has 0 aliphatic heterocycles. The van der Waals surface area contributed by atoms with Gasteiger partial charge >= 0.3 is 0 Å². The highest BCUT2D eigenvalue weighted by molar-refractivity contribution is 9.10. The number of aryl methyl sites for hydroxylation is 1. The Morgan fingerprint density at radius 3 is 2.65 bits per heavy atom. The second kappa shape index (κ2) is 5.53. The van der Waals surface area contributed by atoms with Crippen molar-refractivity contribution < 1.29 is 0 Å². The first-order valence-corrected chi connectivity index (χ1v) is 7.29. The maximum atomic E-state index is 6.00. The highest BCUT2D eigenvalue weighted by Crippen LogP contribution is 2.35. The molecule has 2 aromatic rings. The van der Waals surface area contributed by atoms with Crippen molar-refractivity contribution >= 4 is 38.9 Å². The summed E-state index contributed by atoms with van der Waals surface area (Å²) < 4.78 is 1.98. The van der Waals surface area contributed by atoms with Crippen LogP contribution in [-0.4, -0.2) is 7.05 Å². The van der Waals surface area contributed by atoms with Crippen molar-refractivity contribution in [1.29, 1.82) is 0 Å². The van der Waals surface area contributed by atoms with E-state index in [-0.39, 0.29) is 6.04 Å². The summed E-state index contributed by atoms with van der Waals surface area (Å²) in [5, 5.41) is 3.34. The molecule has 1 atom stereocenters. The molecule has 17 heavy (non-hydrogen) atoms. The monoisotopic (exact) mass is 329 g/mol. The number of rotatable bonds is 3. The lowest BCUT2D eigenvalue weighted by molar-refractivity contribution is 0.700.